The maximum Gasteiger partial charge on any atom is 0.303 e. The van der Waals surface area contributed by atoms with Crippen molar-refractivity contribution >= 4 is 5.97 Å². The number of hydrogen-bond donors (Lipinski definition) is 0. The smallest absolute Gasteiger partial charge is 0.303 e. The molecule has 0 radical (unpaired) electrons. The molecule has 1 rings (SSSR count). The monoisotopic (exact) mass is 156 g/mol. The molecule has 1 aliphatic heterocycles. The van der Waals surface area contributed by atoms with Gasteiger partial charge in [0.1, 0.15) is 6.10 Å². The molecule has 0 aromatic heterocycles. The molecule has 62 valence electrons. The number of rotatable bonds is 1. The Labute approximate surface area is 66.0 Å². The molecule has 0 amide bonds. The maximum atomic E-state index is 10.6. The summed E-state index contributed by atoms with van der Waals surface area (Å²) in [5.41, 5.74) is 0. The summed E-state index contributed by atoms with van der Waals surface area (Å²) in [5.74, 6) is 0.0114. The molecule has 0 saturated carbocycles. The fourth-order valence-corrected chi connectivity index (χ4v) is 0.972. The fourth-order valence-electron chi connectivity index (χ4n) is 0.972. The lowest BCUT2D eigenvalue weighted by Gasteiger charge is -2.23. The van der Waals surface area contributed by atoms with Crippen molar-refractivity contribution in [1.29, 1.82) is 0 Å². The minimum atomic E-state index is -0.242. The Hall–Kier alpha value is -0.990. The third kappa shape index (κ3) is 2.26. The molecule has 2 atom stereocenters. The second kappa shape index (κ2) is 3.42. The minimum Gasteiger partial charge on any atom is -0.501 e. The van der Waals surface area contributed by atoms with Crippen molar-refractivity contribution in [2.24, 2.45) is 5.92 Å². The van der Waals surface area contributed by atoms with E-state index in [2.05, 4.69) is 0 Å². The van der Waals surface area contributed by atoms with Crippen LogP contribution in [0.1, 0.15) is 13.8 Å². The molecule has 0 spiro atoms. The van der Waals surface area contributed by atoms with Gasteiger partial charge in [0.05, 0.1) is 12.9 Å². The lowest BCUT2D eigenvalue weighted by molar-refractivity contribution is -0.147. The molecule has 0 aromatic carbocycles. The molecule has 0 N–H and O–H groups in total. The van der Waals surface area contributed by atoms with Crippen molar-refractivity contribution in [1.82, 2.24) is 0 Å². The third-order valence-corrected chi connectivity index (χ3v) is 1.59. The molecule has 3 heteroatoms. The summed E-state index contributed by atoms with van der Waals surface area (Å²) in [5, 5.41) is 0. The molecule has 0 aliphatic carbocycles. The van der Waals surface area contributed by atoms with Gasteiger partial charge in [-0.15, -0.1) is 0 Å². The van der Waals surface area contributed by atoms with Crippen molar-refractivity contribution in [2.45, 2.75) is 20.0 Å². The van der Waals surface area contributed by atoms with Gasteiger partial charge in [0.2, 0.25) is 0 Å². The van der Waals surface area contributed by atoms with Crippen molar-refractivity contribution in [3.8, 4) is 0 Å². The van der Waals surface area contributed by atoms with Crippen LogP contribution in [0.25, 0.3) is 0 Å². The Morgan fingerprint density at radius 3 is 3.00 bits per heavy atom. The SMILES string of the molecule is CC(=O)O[C@H]1C=COC[C@H]1C. The molecule has 11 heavy (non-hydrogen) atoms. The van der Waals surface area contributed by atoms with E-state index >= 15 is 0 Å². The van der Waals surface area contributed by atoms with E-state index in [4.69, 9.17) is 9.47 Å². The number of hydrogen-bond acceptors (Lipinski definition) is 3. The van der Waals surface area contributed by atoms with E-state index in [1.165, 1.54) is 6.92 Å². The summed E-state index contributed by atoms with van der Waals surface area (Å²) >= 11 is 0. The standard InChI is InChI=1S/C8H12O3/c1-6-5-10-4-3-8(6)11-7(2)9/h3-4,6,8H,5H2,1-2H3/t6-,8+/m1/s1. The first-order valence-corrected chi connectivity index (χ1v) is 3.65. The highest BCUT2D eigenvalue weighted by atomic mass is 16.5. The quantitative estimate of drug-likeness (QED) is 0.533. The molecular weight excluding hydrogens is 144 g/mol. The molecule has 0 saturated heterocycles. The summed E-state index contributed by atoms with van der Waals surface area (Å²) < 4.78 is 10.0. The average molecular weight is 156 g/mol. The van der Waals surface area contributed by atoms with Crippen molar-refractivity contribution in [3.05, 3.63) is 12.3 Å². The number of carbonyl (C=O) groups excluding carboxylic acids is 1. The predicted octanol–water partition coefficient (Wildman–Crippen LogP) is 1.10. The van der Waals surface area contributed by atoms with E-state index < -0.39 is 0 Å². The van der Waals surface area contributed by atoms with Crippen LogP contribution in [0.2, 0.25) is 0 Å². The highest BCUT2D eigenvalue weighted by Crippen LogP contribution is 2.14. The first-order chi connectivity index (χ1) is 5.20. The third-order valence-electron chi connectivity index (χ3n) is 1.59. The van der Waals surface area contributed by atoms with Crippen LogP contribution < -0.4 is 0 Å². The molecule has 0 fully saturated rings. The van der Waals surface area contributed by atoms with Gasteiger partial charge >= 0.3 is 5.97 Å². The summed E-state index contributed by atoms with van der Waals surface area (Å²) in [4.78, 5) is 10.6. The van der Waals surface area contributed by atoms with Crippen molar-refractivity contribution in [2.75, 3.05) is 6.61 Å². The zero-order valence-electron chi connectivity index (χ0n) is 6.74. The van der Waals surface area contributed by atoms with Crippen LogP contribution in [0.15, 0.2) is 12.3 Å². The van der Waals surface area contributed by atoms with Crippen molar-refractivity contribution < 1.29 is 14.3 Å². The lowest BCUT2D eigenvalue weighted by Crippen LogP contribution is -2.27. The lowest BCUT2D eigenvalue weighted by atomic mass is 10.1. The van der Waals surface area contributed by atoms with Gasteiger partial charge in [-0.3, -0.25) is 4.79 Å². The van der Waals surface area contributed by atoms with E-state index in [9.17, 15) is 4.79 Å². The van der Waals surface area contributed by atoms with Crippen LogP contribution in [-0.4, -0.2) is 18.7 Å². The normalized spacial score (nSPS) is 29.3. The van der Waals surface area contributed by atoms with Crippen LogP contribution in [0.3, 0.4) is 0 Å². The Kier molecular flexibility index (Phi) is 2.52. The van der Waals surface area contributed by atoms with Crippen LogP contribution in [0.4, 0.5) is 0 Å². The first-order valence-electron chi connectivity index (χ1n) is 3.65. The van der Waals surface area contributed by atoms with Gasteiger partial charge in [-0.2, -0.15) is 0 Å². The Morgan fingerprint density at radius 2 is 2.45 bits per heavy atom. The van der Waals surface area contributed by atoms with Crippen molar-refractivity contribution in [3.63, 3.8) is 0 Å². The van der Waals surface area contributed by atoms with E-state index in [-0.39, 0.29) is 18.0 Å². The van der Waals surface area contributed by atoms with Gasteiger partial charge in [-0.1, -0.05) is 6.92 Å². The molecule has 3 nitrogen and oxygen atoms in total. The second-order valence-corrected chi connectivity index (χ2v) is 2.71. The number of esters is 1. The van der Waals surface area contributed by atoms with Crippen LogP contribution in [-0.2, 0) is 14.3 Å². The van der Waals surface area contributed by atoms with Crippen LogP contribution in [0.5, 0.6) is 0 Å². The predicted molar refractivity (Wildman–Crippen MR) is 39.8 cm³/mol. The molecular formula is C8H12O3. The highest BCUT2D eigenvalue weighted by Gasteiger charge is 2.20. The van der Waals surface area contributed by atoms with E-state index in [1.54, 1.807) is 12.3 Å². The zero-order chi connectivity index (χ0) is 8.27. The molecule has 0 aromatic rings. The minimum absolute atomic E-state index is 0.110. The molecule has 1 aliphatic rings. The number of carbonyl (C=O) groups is 1. The highest BCUT2D eigenvalue weighted by molar-refractivity contribution is 5.66. The summed E-state index contributed by atoms with van der Waals surface area (Å²) in [6.45, 7) is 4.02. The van der Waals surface area contributed by atoms with Crippen LogP contribution in [0, 0.1) is 5.92 Å². The largest absolute Gasteiger partial charge is 0.501 e. The average Bonchev–Trinajstić information content (AvgIpc) is 1.93. The number of ether oxygens (including phenoxy) is 2. The Morgan fingerprint density at radius 1 is 1.73 bits per heavy atom. The maximum absolute atomic E-state index is 10.6. The molecule has 0 bridgehead atoms. The van der Waals surface area contributed by atoms with Gasteiger partial charge in [0, 0.05) is 12.8 Å². The molecule has 1 heterocycles. The second-order valence-electron chi connectivity index (χ2n) is 2.71. The zero-order valence-corrected chi connectivity index (χ0v) is 6.74. The van der Waals surface area contributed by atoms with Gasteiger partial charge in [-0.25, -0.2) is 0 Å². The van der Waals surface area contributed by atoms with Gasteiger partial charge in [0.25, 0.3) is 0 Å². The van der Waals surface area contributed by atoms with E-state index in [0.29, 0.717) is 6.61 Å². The topological polar surface area (TPSA) is 35.5 Å². The van der Waals surface area contributed by atoms with Gasteiger partial charge < -0.3 is 9.47 Å². The van der Waals surface area contributed by atoms with E-state index in [0.717, 1.165) is 0 Å². The first kappa shape index (κ1) is 8.11. The summed E-state index contributed by atoms with van der Waals surface area (Å²) in [6.07, 6.45) is 3.23. The Balaban J connectivity index is 2.48. The summed E-state index contributed by atoms with van der Waals surface area (Å²) in [7, 11) is 0. The molecule has 0 unspecified atom stereocenters. The fraction of sp³-hybridized carbons (Fsp3) is 0.625. The summed E-state index contributed by atoms with van der Waals surface area (Å²) in [6, 6.07) is 0. The van der Waals surface area contributed by atoms with Gasteiger partial charge in [0.15, 0.2) is 0 Å². The Bertz CT molecular complexity index is 174. The van der Waals surface area contributed by atoms with Gasteiger partial charge in [-0.05, 0) is 6.08 Å². The van der Waals surface area contributed by atoms with E-state index in [1.807, 2.05) is 6.92 Å². The van der Waals surface area contributed by atoms with Crippen LogP contribution >= 0.6 is 0 Å².